The van der Waals surface area contributed by atoms with Crippen LogP contribution in [0, 0.1) is 17.2 Å². The van der Waals surface area contributed by atoms with E-state index in [1.54, 1.807) is 0 Å². The molecule has 0 saturated carbocycles. The average molecular weight is 207 g/mol. The van der Waals surface area contributed by atoms with Gasteiger partial charge in [0.2, 0.25) is 0 Å². The minimum Gasteiger partial charge on any atom is -0.303 e. The molecule has 2 rings (SSSR count). The van der Waals surface area contributed by atoms with E-state index >= 15 is 0 Å². The van der Waals surface area contributed by atoms with Gasteiger partial charge in [-0.05, 0) is 45.3 Å². The molecule has 0 aromatic heterocycles. The number of nitrogens with zero attached hydrogens (tertiary/aromatic N) is 3. The Balaban J connectivity index is 1.86. The first-order valence-electron chi connectivity index (χ1n) is 6.11. The molecule has 2 saturated heterocycles. The lowest BCUT2D eigenvalue weighted by Crippen LogP contribution is -2.52. The van der Waals surface area contributed by atoms with E-state index in [-0.39, 0.29) is 0 Å². The smallest absolute Gasteiger partial charge is 0.0635 e. The van der Waals surface area contributed by atoms with Crippen LogP contribution >= 0.6 is 0 Å². The molecular formula is C12H21N3. The molecule has 0 aromatic rings. The molecule has 0 bridgehead atoms. The van der Waals surface area contributed by atoms with E-state index in [2.05, 4.69) is 22.9 Å². The van der Waals surface area contributed by atoms with Crippen molar-refractivity contribution in [1.29, 1.82) is 5.26 Å². The highest BCUT2D eigenvalue weighted by Crippen LogP contribution is 2.29. The summed E-state index contributed by atoms with van der Waals surface area (Å²) in [5.41, 5.74) is 0. The molecule has 2 heterocycles. The van der Waals surface area contributed by atoms with Gasteiger partial charge in [0.1, 0.15) is 0 Å². The number of fused-ring (bicyclic) bond motifs is 1. The summed E-state index contributed by atoms with van der Waals surface area (Å²) in [4.78, 5) is 5.01. The zero-order valence-corrected chi connectivity index (χ0v) is 9.65. The molecule has 84 valence electrons. The molecule has 3 nitrogen and oxygen atoms in total. The zero-order chi connectivity index (χ0) is 10.7. The van der Waals surface area contributed by atoms with Gasteiger partial charge in [-0.25, -0.2) is 0 Å². The zero-order valence-electron chi connectivity index (χ0n) is 9.65. The number of likely N-dealkylation sites (tertiary alicyclic amines) is 2. The minimum absolute atomic E-state index is 0.688. The van der Waals surface area contributed by atoms with Crippen molar-refractivity contribution in [1.82, 2.24) is 9.80 Å². The summed E-state index contributed by atoms with van der Waals surface area (Å²) in [6.07, 6.45) is 4.72. The second-order valence-electron chi connectivity index (χ2n) is 4.95. The Bertz CT molecular complexity index is 246. The summed E-state index contributed by atoms with van der Waals surface area (Å²) in [7, 11) is 2.27. The number of rotatable bonds is 2. The Morgan fingerprint density at radius 3 is 3.00 bits per heavy atom. The first kappa shape index (κ1) is 10.9. The fourth-order valence-corrected chi connectivity index (χ4v) is 3.14. The van der Waals surface area contributed by atoms with Crippen LogP contribution < -0.4 is 0 Å². The van der Waals surface area contributed by atoms with Gasteiger partial charge >= 0.3 is 0 Å². The molecule has 15 heavy (non-hydrogen) atoms. The number of piperidine rings is 2. The Morgan fingerprint density at radius 2 is 2.20 bits per heavy atom. The molecular weight excluding hydrogens is 186 g/mol. The van der Waals surface area contributed by atoms with Gasteiger partial charge in [-0.15, -0.1) is 0 Å². The van der Waals surface area contributed by atoms with Gasteiger partial charge in [0, 0.05) is 25.6 Å². The SMILES string of the molecule is CN1CCCC2CN(CCC#N)CCC21. The van der Waals surface area contributed by atoms with E-state index in [9.17, 15) is 0 Å². The summed E-state index contributed by atoms with van der Waals surface area (Å²) >= 11 is 0. The molecule has 2 aliphatic rings. The average Bonchev–Trinajstić information content (AvgIpc) is 2.26. The van der Waals surface area contributed by atoms with Crippen LogP contribution in [0.4, 0.5) is 0 Å². The van der Waals surface area contributed by atoms with Gasteiger partial charge < -0.3 is 9.80 Å². The van der Waals surface area contributed by atoms with Crippen LogP contribution in [0.25, 0.3) is 0 Å². The van der Waals surface area contributed by atoms with Crippen molar-refractivity contribution in [2.75, 3.05) is 33.2 Å². The highest BCUT2D eigenvalue weighted by Gasteiger charge is 2.33. The van der Waals surface area contributed by atoms with Crippen molar-refractivity contribution in [3.63, 3.8) is 0 Å². The van der Waals surface area contributed by atoms with Gasteiger partial charge in [-0.1, -0.05) is 0 Å². The van der Waals surface area contributed by atoms with E-state index in [4.69, 9.17) is 5.26 Å². The highest BCUT2D eigenvalue weighted by molar-refractivity contribution is 4.89. The molecule has 2 fully saturated rings. The molecule has 2 unspecified atom stereocenters. The molecule has 0 spiro atoms. The Labute approximate surface area is 92.7 Å². The van der Waals surface area contributed by atoms with Crippen LogP contribution in [0.1, 0.15) is 25.7 Å². The largest absolute Gasteiger partial charge is 0.303 e. The summed E-state index contributed by atoms with van der Waals surface area (Å²) < 4.78 is 0. The van der Waals surface area contributed by atoms with Crippen LogP contribution in [0.5, 0.6) is 0 Å². The lowest BCUT2D eigenvalue weighted by molar-refractivity contribution is 0.0395. The Hall–Kier alpha value is -0.590. The molecule has 2 aliphatic heterocycles. The summed E-state index contributed by atoms with van der Waals surface area (Å²) in [5, 5.41) is 8.59. The molecule has 0 amide bonds. The van der Waals surface area contributed by atoms with Crippen molar-refractivity contribution in [3.05, 3.63) is 0 Å². The van der Waals surface area contributed by atoms with Crippen LogP contribution in [0.2, 0.25) is 0 Å². The van der Waals surface area contributed by atoms with Crippen molar-refractivity contribution in [2.24, 2.45) is 5.92 Å². The standard InChI is InChI=1S/C12H21N3/c1-14-7-2-4-11-10-15(8-3-6-13)9-5-12(11)14/h11-12H,2-5,7-10H2,1H3. The third-order valence-corrected chi connectivity index (χ3v) is 3.97. The highest BCUT2D eigenvalue weighted by atomic mass is 15.2. The normalized spacial score (nSPS) is 33.3. The van der Waals surface area contributed by atoms with Gasteiger partial charge in [0.15, 0.2) is 0 Å². The monoisotopic (exact) mass is 207 g/mol. The second-order valence-corrected chi connectivity index (χ2v) is 4.95. The number of hydrogen-bond acceptors (Lipinski definition) is 3. The van der Waals surface area contributed by atoms with Crippen molar-refractivity contribution in [3.8, 4) is 6.07 Å². The first-order valence-corrected chi connectivity index (χ1v) is 6.11. The predicted molar refractivity (Wildman–Crippen MR) is 60.4 cm³/mol. The van der Waals surface area contributed by atoms with Crippen molar-refractivity contribution in [2.45, 2.75) is 31.7 Å². The fourth-order valence-electron chi connectivity index (χ4n) is 3.14. The van der Waals surface area contributed by atoms with Crippen LogP contribution in [-0.4, -0.2) is 49.1 Å². The van der Waals surface area contributed by atoms with E-state index < -0.39 is 0 Å². The van der Waals surface area contributed by atoms with E-state index in [0.717, 1.165) is 18.5 Å². The van der Waals surface area contributed by atoms with Crippen molar-refractivity contribution >= 4 is 0 Å². The van der Waals surface area contributed by atoms with E-state index in [0.29, 0.717) is 6.42 Å². The second kappa shape index (κ2) is 4.96. The Kier molecular flexibility index (Phi) is 3.61. The van der Waals surface area contributed by atoms with Gasteiger partial charge in [-0.2, -0.15) is 5.26 Å². The van der Waals surface area contributed by atoms with Gasteiger partial charge in [0.05, 0.1) is 6.07 Å². The van der Waals surface area contributed by atoms with E-state index in [1.807, 2.05) is 0 Å². The minimum atomic E-state index is 0.688. The number of hydrogen-bond donors (Lipinski definition) is 0. The van der Waals surface area contributed by atoms with Gasteiger partial charge in [0.25, 0.3) is 0 Å². The molecule has 0 aromatic carbocycles. The summed E-state index contributed by atoms with van der Waals surface area (Å²) in [6.45, 7) is 4.66. The van der Waals surface area contributed by atoms with Crippen molar-refractivity contribution < 1.29 is 0 Å². The predicted octanol–water partition coefficient (Wildman–Crippen LogP) is 1.32. The molecule has 0 aliphatic carbocycles. The molecule has 0 N–H and O–H groups in total. The van der Waals surface area contributed by atoms with Crippen LogP contribution in [0.15, 0.2) is 0 Å². The maximum atomic E-state index is 8.59. The van der Waals surface area contributed by atoms with Gasteiger partial charge in [-0.3, -0.25) is 0 Å². The van der Waals surface area contributed by atoms with Crippen LogP contribution in [-0.2, 0) is 0 Å². The summed E-state index contributed by atoms with van der Waals surface area (Å²) in [6, 6.07) is 3.06. The lowest BCUT2D eigenvalue weighted by Gasteiger charge is -2.45. The third-order valence-electron chi connectivity index (χ3n) is 3.97. The maximum Gasteiger partial charge on any atom is 0.0635 e. The quantitative estimate of drug-likeness (QED) is 0.684. The summed E-state index contributed by atoms with van der Waals surface area (Å²) in [5.74, 6) is 0.858. The topological polar surface area (TPSA) is 30.3 Å². The molecule has 0 radical (unpaired) electrons. The fraction of sp³-hybridized carbons (Fsp3) is 0.917. The number of nitriles is 1. The third kappa shape index (κ3) is 2.50. The Morgan fingerprint density at radius 1 is 1.33 bits per heavy atom. The van der Waals surface area contributed by atoms with E-state index in [1.165, 1.54) is 38.9 Å². The lowest BCUT2D eigenvalue weighted by atomic mass is 9.84. The molecule has 3 heteroatoms. The van der Waals surface area contributed by atoms with Crippen LogP contribution in [0.3, 0.4) is 0 Å². The first-order chi connectivity index (χ1) is 7.31. The maximum absolute atomic E-state index is 8.59. The molecule has 2 atom stereocenters.